The summed E-state index contributed by atoms with van der Waals surface area (Å²) < 4.78 is 10.6. The molecule has 0 saturated heterocycles. The molecule has 4 heteroatoms. The van der Waals surface area contributed by atoms with Gasteiger partial charge in [0.15, 0.2) is 0 Å². The Morgan fingerprint density at radius 3 is 2.63 bits per heavy atom. The van der Waals surface area contributed by atoms with Crippen LogP contribution in [0.25, 0.3) is 0 Å². The predicted molar refractivity (Wildman–Crippen MR) is 83.6 cm³/mol. The number of nitrogens with one attached hydrogen (secondary N) is 1. The van der Waals surface area contributed by atoms with E-state index in [1.165, 1.54) is 24.2 Å². The predicted octanol–water partition coefficient (Wildman–Crippen LogP) is 3.50. The molecule has 0 aliphatic heterocycles. The normalized spacial score (nSPS) is 12.2. The first-order valence-corrected chi connectivity index (χ1v) is 8.06. The molecular formula is C15H25NO2S. The van der Waals surface area contributed by atoms with Crippen molar-refractivity contribution in [2.24, 2.45) is 0 Å². The molecule has 0 heterocycles. The van der Waals surface area contributed by atoms with Crippen molar-refractivity contribution in [1.82, 2.24) is 5.32 Å². The van der Waals surface area contributed by atoms with Crippen LogP contribution >= 0.6 is 11.8 Å². The molecule has 1 aromatic rings. The monoisotopic (exact) mass is 283 g/mol. The molecule has 19 heavy (non-hydrogen) atoms. The molecule has 0 aliphatic carbocycles. The van der Waals surface area contributed by atoms with Gasteiger partial charge in [0, 0.05) is 17.7 Å². The van der Waals surface area contributed by atoms with Gasteiger partial charge in [-0.15, -0.1) is 0 Å². The zero-order valence-corrected chi connectivity index (χ0v) is 13.2. The summed E-state index contributed by atoms with van der Waals surface area (Å²) in [5.74, 6) is 2.94. The molecule has 0 spiro atoms. The second-order valence-electron chi connectivity index (χ2n) is 4.48. The number of hydrogen-bond donors (Lipinski definition) is 1. The van der Waals surface area contributed by atoms with Gasteiger partial charge in [0.05, 0.1) is 14.2 Å². The zero-order valence-electron chi connectivity index (χ0n) is 12.4. The van der Waals surface area contributed by atoms with E-state index in [2.05, 4.69) is 24.6 Å². The summed E-state index contributed by atoms with van der Waals surface area (Å²) in [6.45, 7) is 3.20. The quantitative estimate of drug-likeness (QED) is 0.703. The Hall–Kier alpha value is -0.870. The van der Waals surface area contributed by atoms with Crippen molar-refractivity contribution in [3.63, 3.8) is 0 Å². The van der Waals surface area contributed by atoms with Crippen LogP contribution in [0.15, 0.2) is 18.2 Å². The molecule has 1 aromatic carbocycles. The SMILES string of the molecule is COc1ccc(C(C)NCCCCSC)c(OC)c1. The molecule has 108 valence electrons. The van der Waals surface area contributed by atoms with Crippen LogP contribution in [0, 0.1) is 0 Å². The summed E-state index contributed by atoms with van der Waals surface area (Å²) in [6.07, 6.45) is 4.63. The number of rotatable bonds is 9. The zero-order chi connectivity index (χ0) is 14.1. The number of methoxy groups -OCH3 is 2. The van der Waals surface area contributed by atoms with Crippen molar-refractivity contribution >= 4 is 11.8 Å². The molecule has 0 amide bonds. The smallest absolute Gasteiger partial charge is 0.127 e. The van der Waals surface area contributed by atoms with E-state index in [9.17, 15) is 0 Å². The molecule has 0 aliphatic rings. The fourth-order valence-electron chi connectivity index (χ4n) is 1.98. The van der Waals surface area contributed by atoms with Gasteiger partial charge in [0.1, 0.15) is 11.5 Å². The molecule has 0 radical (unpaired) electrons. The number of ether oxygens (including phenoxy) is 2. The lowest BCUT2D eigenvalue weighted by Gasteiger charge is -2.18. The lowest BCUT2D eigenvalue weighted by molar-refractivity contribution is 0.385. The molecule has 1 rings (SSSR count). The molecule has 1 N–H and O–H groups in total. The molecule has 0 aromatic heterocycles. The highest BCUT2D eigenvalue weighted by atomic mass is 32.2. The van der Waals surface area contributed by atoms with Crippen molar-refractivity contribution in [3.8, 4) is 11.5 Å². The van der Waals surface area contributed by atoms with Gasteiger partial charge in [-0.2, -0.15) is 11.8 Å². The van der Waals surface area contributed by atoms with Crippen molar-refractivity contribution in [3.05, 3.63) is 23.8 Å². The van der Waals surface area contributed by atoms with Crippen molar-refractivity contribution in [2.75, 3.05) is 32.8 Å². The minimum Gasteiger partial charge on any atom is -0.497 e. The topological polar surface area (TPSA) is 30.5 Å². The maximum absolute atomic E-state index is 5.43. The minimum atomic E-state index is 0.287. The average molecular weight is 283 g/mol. The van der Waals surface area contributed by atoms with E-state index in [1.54, 1.807) is 14.2 Å². The Labute approximate surface area is 121 Å². The van der Waals surface area contributed by atoms with Gasteiger partial charge in [-0.1, -0.05) is 6.07 Å². The van der Waals surface area contributed by atoms with Crippen LogP contribution in [-0.2, 0) is 0 Å². The summed E-state index contributed by atoms with van der Waals surface area (Å²) in [7, 11) is 3.37. The maximum Gasteiger partial charge on any atom is 0.127 e. The molecule has 0 saturated carbocycles. The summed E-state index contributed by atoms with van der Waals surface area (Å²) >= 11 is 1.91. The highest BCUT2D eigenvalue weighted by Gasteiger charge is 2.11. The van der Waals surface area contributed by atoms with E-state index in [0.717, 1.165) is 18.0 Å². The van der Waals surface area contributed by atoms with Crippen LogP contribution < -0.4 is 14.8 Å². The Bertz CT molecular complexity index is 371. The summed E-state index contributed by atoms with van der Waals surface area (Å²) in [6, 6.07) is 6.26. The first kappa shape index (κ1) is 16.2. The summed E-state index contributed by atoms with van der Waals surface area (Å²) in [5, 5.41) is 3.54. The van der Waals surface area contributed by atoms with Crippen molar-refractivity contribution in [2.45, 2.75) is 25.8 Å². The van der Waals surface area contributed by atoms with Crippen LogP contribution in [0.5, 0.6) is 11.5 Å². The lowest BCUT2D eigenvalue weighted by Crippen LogP contribution is -2.20. The third-order valence-electron chi connectivity index (χ3n) is 3.13. The Morgan fingerprint density at radius 2 is 2.00 bits per heavy atom. The van der Waals surface area contributed by atoms with E-state index in [0.29, 0.717) is 0 Å². The van der Waals surface area contributed by atoms with Crippen LogP contribution in [0.1, 0.15) is 31.4 Å². The van der Waals surface area contributed by atoms with Crippen LogP contribution in [0.4, 0.5) is 0 Å². The van der Waals surface area contributed by atoms with Gasteiger partial charge < -0.3 is 14.8 Å². The Morgan fingerprint density at radius 1 is 1.21 bits per heavy atom. The second-order valence-corrected chi connectivity index (χ2v) is 5.47. The number of unbranched alkanes of at least 4 members (excludes halogenated alkanes) is 1. The average Bonchev–Trinajstić information content (AvgIpc) is 2.46. The maximum atomic E-state index is 5.43. The molecule has 1 unspecified atom stereocenters. The molecule has 0 bridgehead atoms. The number of thioether (sulfide) groups is 1. The van der Waals surface area contributed by atoms with Crippen molar-refractivity contribution < 1.29 is 9.47 Å². The van der Waals surface area contributed by atoms with Crippen LogP contribution in [-0.4, -0.2) is 32.8 Å². The highest BCUT2D eigenvalue weighted by molar-refractivity contribution is 7.98. The fraction of sp³-hybridized carbons (Fsp3) is 0.600. The van der Waals surface area contributed by atoms with Crippen molar-refractivity contribution in [1.29, 1.82) is 0 Å². The van der Waals surface area contributed by atoms with Gasteiger partial charge in [0.2, 0.25) is 0 Å². The highest BCUT2D eigenvalue weighted by Crippen LogP contribution is 2.29. The minimum absolute atomic E-state index is 0.287. The summed E-state index contributed by atoms with van der Waals surface area (Å²) in [4.78, 5) is 0. The van der Waals surface area contributed by atoms with E-state index < -0.39 is 0 Å². The third-order valence-corrected chi connectivity index (χ3v) is 3.83. The fourth-order valence-corrected chi connectivity index (χ4v) is 2.47. The van der Waals surface area contributed by atoms with Crippen LogP contribution in [0.3, 0.4) is 0 Å². The van der Waals surface area contributed by atoms with Gasteiger partial charge in [-0.3, -0.25) is 0 Å². The summed E-state index contributed by atoms with van der Waals surface area (Å²) in [5.41, 5.74) is 1.17. The van der Waals surface area contributed by atoms with E-state index in [-0.39, 0.29) is 6.04 Å². The van der Waals surface area contributed by atoms with E-state index >= 15 is 0 Å². The molecule has 3 nitrogen and oxygen atoms in total. The molecule has 0 fully saturated rings. The Balaban J connectivity index is 2.53. The second kappa shape index (κ2) is 9.10. The first-order valence-electron chi connectivity index (χ1n) is 6.67. The third kappa shape index (κ3) is 5.33. The largest absolute Gasteiger partial charge is 0.497 e. The first-order chi connectivity index (χ1) is 9.22. The van der Waals surface area contributed by atoms with E-state index in [4.69, 9.17) is 9.47 Å². The van der Waals surface area contributed by atoms with Gasteiger partial charge >= 0.3 is 0 Å². The van der Waals surface area contributed by atoms with Crippen LogP contribution in [0.2, 0.25) is 0 Å². The van der Waals surface area contributed by atoms with Gasteiger partial charge in [-0.05, 0) is 44.4 Å². The van der Waals surface area contributed by atoms with Gasteiger partial charge in [0.25, 0.3) is 0 Å². The Kier molecular flexibility index (Phi) is 7.75. The molecular weight excluding hydrogens is 258 g/mol. The van der Waals surface area contributed by atoms with E-state index in [1.807, 2.05) is 23.9 Å². The standard InChI is InChI=1S/C15H25NO2S/c1-12(16-9-5-6-10-19-4)14-8-7-13(17-2)11-15(14)18-3/h7-8,11-12,16H,5-6,9-10H2,1-4H3. The van der Waals surface area contributed by atoms with Gasteiger partial charge in [-0.25, -0.2) is 0 Å². The lowest BCUT2D eigenvalue weighted by atomic mass is 10.1. The number of benzene rings is 1. The molecule has 1 atom stereocenters. The number of hydrogen-bond acceptors (Lipinski definition) is 4.